The molecule has 0 spiro atoms. The number of ether oxygens (including phenoxy) is 1. The summed E-state index contributed by atoms with van der Waals surface area (Å²) in [7, 11) is -2.93. The number of halogens is 1. The number of para-hydroxylation sites is 1. The Labute approximate surface area is 168 Å². The SMILES string of the molecule is C=CCOc1ccccc1CN=C(NCC)NCCCS(C)(=O)=O.I. The fraction of sp³-hybridized carbons (Fsp3) is 0.471. The van der Waals surface area contributed by atoms with Gasteiger partial charge in [0.2, 0.25) is 0 Å². The van der Waals surface area contributed by atoms with Gasteiger partial charge in [-0.15, -0.1) is 24.0 Å². The number of guanidine groups is 1. The third kappa shape index (κ3) is 11.0. The molecule has 0 aliphatic heterocycles. The molecule has 142 valence electrons. The number of aliphatic imine (C=N–C) groups is 1. The first-order chi connectivity index (χ1) is 11.5. The maximum atomic E-state index is 11.1. The molecule has 6 nitrogen and oxygen atoms in total. The summed E-state index contributed by atoms with van der Waals surface area (Å²) in [6.45, 7) is 7.82. The Morgan fingerprint density at radius 3 is 2.68 bits per heavy atom. The topological polar surface area (TPSA) is 79.8 Å². The molecule has 0 saturated heterocycles. The van der Waals surface area contributed by atoms with E-state index in [4.69, 9.17) is 4.74 Å². The molecule has 8 heteroatoms. The van der Waals surface area contributed by atoms with E-state index < -0.39 is 9.84 Å². The van der Waals surface area contributed by atoms with Gasteiger partial charge < -0.3 is 15.4 Å². The Morgan fingerprint density at radius 2 is 2.04 bits per heavy atom. The van der Waals surface area contributed by atoms with Gasteiger partial charge in [0.15, 0.2) is 5.96 Å². The molecule has 0 aliphatic carbocycles. The van der Waals surface area contributed by atoms with E-state index in [1.807, 2.05) is 31.2 Å². The summed E-state index contributed by atoms with van der Waals surface area (Å²) in [5.74, 6) is 1.61. The summed E-state index contributed by atoms with van der Waals surface area (Å²) in [4.78, 5) is 4.53. The van der Waals surface area contributed by atoms with Gasteiger partial charge in [-0.2, -0.15) is 0 Å². The lowest BCUT2D eigenvalue weighted by Gasteiger charge is -2.12. The van der Waals surface area contributed by atoms with Crippen LogP contribution in [0.3, 0.4) is 0 Å². The summed E-state index contributed by atoms with van der Waals surface area (Å²) >= 11 is 0. The minimum atomic E-state index is -2.93. The van der Waals surface area contributed by atoms with Crippen LogP contribution in [0.4, 0.5) is 0 Å². The first-order valence-corrected chi connectivity index (χ1v) is 10.0. The maximum absolute atomic E-state index is 11.1. The number of nitrogens with zero attached hydrogens (tertiary/aromatic N) is 1. The molecule has 0 unspecified atom stereocenters. The number of hydrogen-bond donors (Lipinski definition) is 2. The second-order valence-electron chi connectivity index (χ2n) is 5.31. The Kier molecular flexibility index (Phi) is 12.3. The van der Waals surface area contributed by atoms with E-state index >= 15 is 0 Å². The first-order valence-electron chi connectivity index (χ1n) is 7.97. The third-order valence-corrected chi connectivity index (χ3v) is 4.10. The van der Waals surface area contributed by atoms with Crippen molar-refractivity contribution in [1.29, 1.82) is 0 Å². The number of nitrogens with one attached hydrogen (secondary N) is 2. The lowest BCUT2D eigenvalue weighted by molar-refractivity contribution is 0.359. The monoisotopic (exact) mass is 481 g/mol. The standard InChI is InChI=1S/C17H27N3O3S.HI/c1-4-12-23-16-10-7-6-9-15(16)14-20-17(18-5-2)19-11-8-13-24(3,21)22;/h4,6-7,9-10H,1,5,8,11-14H2,2-3H3,(H2,18,19,20);1H. The minimum Gasteiger partial charge on any atom is -0.489 e. The van der Waals surface area contributed by atoms with E-state index in [1.165, 1.54) is 6.26 Å². The number of benzene rings is 1. The van der Waals surface area contributed by atoms with Crippen molar-refractivity contribution >= 4 is 39.8 Å². The van der Waals surface area contributed by atoms with Crippen LogP contribution in [0, 0.1) is 0 Å². The molecular formula is C17H28IN3O3S. The van der Waals surface area contributed by atoms with Crippen molar-refractivity contribution in [1.82, 2.24) is 10.6 Å². The molecule has 25 heavy (non-hydrogen) atoms. The van der Waals surface area contributed by atoms with E-state index in [9.17, 15) is 8.42 Å². The quantitative estimate of drug-likeness (QED) is 0.176. The van der Waals surface area contributed by atoms with Crippen LogP contribution in [-0.4, -0.2) is 46.1 Å². The lowest BCUT2D eigenvalue weighted by Crippen LogP contribution is -2.38. The normalized spacial score (nSPS) is 11.4. The summed E-state index contributed by atoms with van der Waals surface area (Å²) in [6, 6.07) is 7.73. The van der Waals surface area contributed by atoms with Gasteiger partial charge in [0.25, 0.3) is 0 Å². The van der Waals surface area contributed by atoms with Crippen molar-refractivity contribution in [3.8, 4) is 5.75 Å². The average molecular weight is 481 g/mol. The Morgan fingerprint density at radius 1 is 1.32 bits per heavy atom. The van der Waals surface area contributed by atoms with Gasteiger partial charge >= 0.3 is 0 Å². The molecule has 0 fully saturated rings. The molecule has 2 N–H and O–H groups in total. The summed E-state index contributed by atoms with van der Waals surface area (Å²) < 4.78 is 27.9. The summed E-state index contributed by atoms with van der Waals surface area (Å²) in [5, 5.41) is 6.29. The Bertz CT molecular complexity index is 648. The third-order valence-electron chi connectivity index (χ3n) is 3.07. The molecule has 1 rings (SSSR count). The molecule has 0 atom stereocenters. The molecule has 0 radical (unpaired) electrons. The van der Waals surface area contributed by atoms with Crippen molar-refractivity contribution in [3.05, 3.63) is 42.5 Å². The van der Waals surface area contributed by atoms with Crippen LogP contribution >= 0.6 is 24.0 Å². The van der Waals surface area contributed by atoms with Crippen molar-refractivity contribution in [2.24, 2.45) is 4.99 Å². The molecule has 0 aromatic heterocycles. The highest BCUT2D eigenvalue weighted by atomic mass is 127. The van der Waals surface area contributed by atoms with Crippen LogP contribution in [0.5, 0.6) is 5.75 Å². The highest BCUT2D eigenvalue weighted by Gasteiger charge is 2.04. The van der Waals surface area contributed by atoms with E-state index in [0.29, 0.717) is 32.1 Å². The van der Waals surface area contributed by atoms with Crippen LogP contribution < -0.4 is 15.4 Å². The molecule has 1 aromatic carbocycles. The first kappa shape index (κ1) is 23.7. The van der Waals surface area contributed by atoms with Crippen LogP contribution in [0.15, 0.2) is 41.9 Å². The van der Waals surface area contributed by atoms with Gasteiger partial charge in [-0.25, -0.2) is 13.4 Å². The molecule has 0 heterocycles. The van der Waals surface area contributed by atoms with Gasteiger partial charge in [-0.05, 0) is 19.4 Å². The highest BCUT2D eigenvalue weighted by Crippen LogP contribution is 2.18. The van der Waals surface area contributed by atoms with Crippen molar-refractivity contribution in [2.45, 2.75) is 19.9 Å². The van der Waals surface area contributed by atoms with Gasteiger partial charge in [-0.3, -0.25) is 0 Å². The predicted molar refractivity (Wildman–Crippen MR) is 115 cm³/mol. The van der Waals surface area contributed by atoms with Crippen molar-refractivity contribution < 1.29 is 13.2 Å². The zero-order valence-electron chi connectivity index (χ0n) is 14.8. The van der Waals surface area contributed by atoms with E-state index in [1.54, 1.807) is 6.08 Å². The van der Waals surface area contributed by atoms with Crippen LogP contribution in [0.25, 0.3) is 0 Å². The van der Waals surface area contributed by atoms with Gasteiger partial charge in [0.1, 0.15) is 22.2 Å². The van der Waals surface area contributed by atoms with Crippen molar-refractivity contribution in [3.63, 3.8) is 0 Å². The zero-order valence-corrected chi connectivity index (χ0v) is 18.0. The molecule has 1 aromatic rings. The number of sulfone groups is 1. The second-order valence-corrected chi connectivity index (χ2v) is 7.57. The summed E-state index contributed by atoms with van der Waals surface area (Å²) in [6.07, 6.45) is 3.49. The molecule has 0 amide bonds. The number of rotatable bonds is 10. The second kappa shape index (κ2) is 13.0. The van der Waals surface area contributed by atoms with Crippen LogP contribution in [-0.2, 0) is 16.4 Å². The van der Waals surface area contributed by atoms with Crippen LogP contribution in [0.1, 0.15) is 18.9 Å². The largest absolute Gasteiger partial charge is 0.489 e. The smallest absolute Gasteiger partial charge is 0.191 e. The summed E-state index contributed by atoms with van der Waals surface area (Å²) in [5.41, 5.74) is 0.979. The Hall–Kier alpha value is -1.29. The fourth-order valence-corrected chi connectivity index (χ4v) is 2.64. The van der Waals surface area contributed by atoms with E-state index in [0.717, 1.165) is 17.9 Å². The van der Waals surface area contributed by atoms with Gasteiger partial charge in [0, 0.05) is 24.9 Å². The van der Waals surface area contributed by atoms with Gasteiger partial charge in [0.05, 0.1) is 12.3 Å². The fourth-order valence-electron chi connectivity index (χ4n) is 1.97. The van der Waals surface area contributed by atoms with Gasteiger partial charge in [-0.1, -0.05) is 30.9 Å². The Balaban J connectivity index is 0.00000576. The molecular weight excluding hydrogens is 453 g/mol. The average Bonchev–Trinajstić information content (AvgIpc) is 2.54. The van der Waals surface area contributed by atoms with E-state index in [2.05, 4.69) is 22.2 Å². The minimum absolute atomic E-state index is 0. The van der Waals surface area contributed by atoms with Crippen LogP contribution in [0.2, 0.25) is 0 Å². The highest BCUT2D eigenvalue weighted by molar-refractivity contribution is 14.0. The maximum Gasteiger partial charge on any atom is 0.191 e. The lowest BCUT2D eigenvalue weighted by atomic mass is 10.2. The zero-order chi connectivity index (χ0) is 17.8. The molecule has 0 bridgehead atoms. The molecule has 0 saturated carbocycles. The number of hydrogen-bond acceptors (Lipinski definition) is 4. The van der Waals surface area contributed by atoms with E-state index in [-0.39, 0.29) is 29.7 Å². The molecule has 0 aliphatic rings. The van der Waals surface area contributed by atoms with Crippen molar-refractivity contribution in [2.75, 3.05) is 31.7 Å². The predicted octanol–water partition coefficient (Wildman–Crippen LogP) is 2.36.